The first kappa shape index (κ1) is 23.6. The van der Waals surface area contributed by atoms with Crippen LogP contribution in [0.1, 0.15) is 70.3 Å². The Morgan fingerprint density at radius 2 is 2.05 bits per heavy atom. The van der Waals surface area contributed by atoms with Crippen LogP contribution in [0.25, 0.3) is 0 Å². The van der Waals surface area contributed by atoms with Crippen LogP contribution >= 0.6 is 11.3 Å². The molecule has 1 atom stereocenters. The number of rotatable bonds is 8. The summed E-state index contributed by atoms with van der Waals surface area (Å²) in [5.74, 6) is 1.14. The number of amides is 2. The van der Waals surface area contributed by atoms with Gasteiger partial charge in [-0.25, -0.2) is 4.98 Å². The van der Waals surface area contributed by atoms with Gasteiger partial charge in [0.1, 0.15) is 23.1 Å². The lowest BCUT2D eigenvalue weighted by molar-refractivity contribution is -0.117. The van der Waals surface area contributed by atoms with E-state index >= 15 is 0 Å². The molecular formula is C26H28N8O2S. The van der Waals surface area contributed by atoms with Gasteiger partial charge in [0.05, 0.1) is 16.9 Å². The molecule has 2 amide bonds. The Hall–Kier alpha value is -3.78. The summed E-state index contributed by atoms with van der Waals surface area (Å²) in [6, 6.07) is 5.58. The predicted octanol–water partition coefficient (Wildman–Crippen LogP) is 3.88. The largest absolute Gasteiger partial charge is 0.352 e. The van der Waals surface area contributed by atoms with Gasteiger partial charge in [-0.1, -0.05) is 0 Å². The highest BCUT2D eigenvalue weighted by atomic mass is 32.1. The summed E-state index contributed by atoms with van der Waals surface area (Å²) in [6.45, 7) is 2.52. The fourth-order valence-electron chi connectivity index (χ4n) is 4.81. The van der Waals surface area contributed by atoms with Crippen molar-refractivity contribution in [2.24, 2.45) is 11.8 Å². The lowest BCUT2D eigenvalue weighted by Crippen LogP contribution is -2.28. The Morgan fingerprint density at radius 1 is 1.22 bits per heavy atom. The fraction of sp³-hybridized carbons (Fsp3) is 0.462. The maximum absolute atomic E-state index is 13.4. The van der Waals surface area contributed by atoms with Gasteiger partial charge in [-0.15, -0.1) is 21.5 Å². The molecule has 3 aromatic rings. The SMILES string of the molecule is Cc1nc(C#N)ccc1Nc1nncn1[C@H]1CCc2sc(NC(=O)C3CC3)c(C(=O)NCC3CC3)c2C1. The molecule has 0 saturated heterocycles. The minimum absolute atomic E-state index is 0.0167. The molecule has 3 aromatic heterocycles. The molecule has 11 heteroatoms. The summed E-state index contributed by atoms with van der Waals surface area (Å²) in [6.07, 6.45) is 8.18. The molecule has 0 aliphatic heterocycles. The molecule has 0 spiro atoms. The van der Waals surface area contributed by atoms with E-state index in [0.717, 1.165) is 54.7 Å². The van der Waals surface area contributed by atoms with Crippen molar-refractivity contribution in [3.05, 3.63) is 45.9 Å². The second-order valence-electron chi connectivity index (χ2n) is 10.1. The van der Waals surface area contributed by atoms with Crippen molar-refractivity contribution in [1.29, 1.82) is 5.26 Å². The number of carbonyl (C=O) groups is 2. The third-order valence-corrected chi connectivity index (χ3v) is 8.52. The van der Waals surface area contributed by atoms with Crippen molar-refractivity contribution in [2.75, 3.05) is 17.2 Å². The molecule has 10 nitrogen and oxygen atoms in total. The molecule has 3 aliphatic rings. The van der Waals surface area contributed by atoms with Crippen LogP contribution in [0.4, 0.5) is 16.6 Å². The highest BCUT2D eigenvalue weighted by Gasteiger charge is 2.35. The number of anilines is 3. The highest BCUT2D eigenvalue weighted by molar-refractivity contribution is 7.17. The van der Waals surface area contributed by atoms with Crippen molar-refractivity contribution in [1.82, 2.24) is 25.1 Å². The maximum Gasteiger partial charge on any atom is 0.254 e. The van der Waals surface area contributed by atoms with Crippen molar-refractivity contribution >= 4 is 39.8 Å². The van der Waals surface area contributed by atoms with Gasteiger partial charge in [-0.2, -0.15) is 5.26 Å². The van der Waals surface area contributed by atoms with Gasteiger partial charge in [0.15, 0.2) is 0 Å². The van der Waals surface area contributed by atoms with E-state index in [2.05, 4.69) is 37.2 Å². The van der Waals surface area contributed by atoms with Crippen molar-refractivity contribution in [3.8, 4) is 6.07 Å². The summed E-state index contributed by atoms with van der Waals surface area (Å²) >= 11 is 1.54. The summed E-state index contributed by atoms with van der Waals surface area (Å²) in [7, 11) is 0. The van der Waals surface area contributed by atoms with Crippen LogP contribution in [0.3, 0.4) is 0 Å². The van der Waals surface area contributed by atoms with Gasteiger partial charge < -0.3 is 16.0 Å². The minimum Gasteiger partial charge on any atom is -0.352 e. The molecule has 6 rings (SSSR count). The van der Waals surface area contributed by atoms with E-state index in [1.165, 1.54) is 0 Å². The number of hydrogen-bond acceptors (Lipinski definition) is 8. The molecular weight excluding hydrogens is 488 g/mol. The minimum atomic E-state index is -0.0995. The van der Waals surface area contributed by atoms with Crippen LogP contribution in [-0.2, 0) is 17.6 Å². The standard InChI is InChI=1S/C26H28N8O2S/c1-14-20(8-6-17(11-27)30-14)31-26-33-29-13-34(26)18-7-9-21-19(10-18)22(24(36)28-12-15-2-3-15)25(37-21)32-23(35)16-4-5-16/h6,8,13,15-16,18H,2-5,7,9-10,12H2,1H3,(H,28,36)(H,31,33)(H,32,35)/t18-/m0/s1. The third-order valence-electron chi connectivity index (χ3n) is 7.31. The monoisotopic (exact) mass is 516 g/mol. The van der Waals surface area contributed by atoms with Crippen molar-refractivity contribution < 1.29 is 9.59 Å². The van der Waals surface area contributed by atoms with Crippen LogP contribution in [0.2, 0.25) is 0 Å². The van der Waals surface area contributed by atoms with Crippen LogP contribution in [0.5, 0.6) is 0 Å². The van der Waals surface area contributed by atoms with Gasteiger partial charge >= 0.3 is 0 Å². The van der Waals surface area contributed by atoms with Crippen LogP contribution in [0.15, 0.2) is 18.5 Å². The number of hydrogen-bond donors (Lipinski definition) is 3. The summed E-state index contributed by atoms with van der Waals surface area (Å²) in [4.78, 5) is 31.4. The molecule has 0 aromatic carbocycles. The molecule has 3 aliphatic carbocycles. The molecule has 0 radical (unpaired) electrons. The number of aryl methyl sites for hydroxylation is 2. The van der Waals surface area contributed by atoms with E-state index in [1.54, 1.807) is 23.7 Å². The molecule has 3 N–H and O–H groups in total. The number of nitrogens with one attached hydrogen (secondary N) is 3. The Labute approximate surface area is 218 Å². The maximum atomic E-state index is 13.4. The van der Waals surface area contributed by atoms with E-state index in [4.69, 9.17) is 5.26 Å². The van der Waals surface area contributed by atoms with Crippen molar-refractivity contribution in [2.45, 2.75) is 57.9 Å². The van der Waals surface area contributed by atoms with E-state index in [9.17, 15) is 9.59 Å². The molecule has 190 valence electrons. The molecule has 2 saturated carbocycles. The van der Waals surface area contributed by atoms with Gasteiger partial charge in [-0.05, 0) is 75.5 Å². The molecule has 2 fully saturated rings. The third kappa shape index (κ3) is 4.93. The average molecular weight is 517 g/mol. The first-order valence-corrected chi connectivity index (χ1v) is 13.6. The number of fused-ring (bicyclic) bond motifs is 1. The van der Waals surface area contributed by atoms with Gasteiger partial charge in [0, 0.05) is 23.4 Å². The number of nitrogens with zero attached hydrogens (tertiary/aromatic N) is 5. The average Bonchev–Trinajstić information content (AvgIpc) is 3.83. The number of thiophene rings is 1. The quantitative estimate of drug-likeness (QED) is 0.413. The number of pyridine rings is 1. The lowest BCUT2D eigenvalue weighted by atomic mass is 9.91. The topological polar surface area (TPSA) is 138 Å². The number of carbonyl (C=O) groups excluding carboxylic acids is 2. The van der Waals surface area contributed by atoms with E-state index in [0.29, 0.717) is 46.8 Å². The van der Waals surface area contributed by atoms with Gasteiger partial charge in [0.25, 0.3) is 5.91 Å². The summed E-state index contributed by atoms with van der Waals surface area (Å²) < 4.78 is 2.01. The Kier molecular flexibility index (Phi) is 6.12. The number of aromatic nitrogens is 4. The first-order chi connectivity index (χ1) is 18.0. The Balaban J connectivity index is 1.26. The van der Waals surface area contributed by atoms with Gasteiger partial charge in [-0.3, -0.25) is 14.2 Å². The Bertz CT molecular complexity index is 1410. The molecule has 0 unspecified atom stereocenters. The summed E-state index contributed by atoms with van der Waals surface area (Å²) in [5, 5.41) is 27.7. The normalized spacial score (nSPS) is 18.5. The molecule has 3 heterocycles. The van der Waals surface area contributed by atoms with E-state index in [-0.39, 0.29) is 23.8 Å². The van der Waals surface area contributed by atoms with Gasteiger partial charge in [0.2, 0.25) is 11.9 Å². The second kappa shape index (κ2) is 9.59. The van der Waals surface area contributed by atoms with E-state index < -0.39 is 0 Å². The summed E-state index contributed by atoms with van der Waals surface area (Å²) in [5.41, 5.74) is 3.44. The van der Waals surface area contributed by atoms with Crippen LogP contribution in [0, 0.1) is 30.1 Å². The van der Waals surface area contributed by atoms with Crippen molar-refractivity contribution in [3.63, 3.8) is 0 Å². The molecule has 37 heavy (non-hydrogen) atoms. The zero-order valence-electron chi connectivity index (χ0n) is 20.6. The van der Waals surface area contributed by atoms with Crippen LogP contribution < -0.4 is 16.0 Å². The zero-order valence-corrected chi connectivity index (χ0v) is 21.4. The highest BCUT2D eigenvalue weighted by Crippen LogP contribution is 2.43. The smallest absolute Gasteiger partial charge is 0.254 e. The lowest BCUT2D eigenvalue weighted by Gasteiger charge is -2.25. The molecule has 0 bridgehead atoms. The van der Waals surface area contributed by atoms with E-state index in [1.807, 2.05) is 17.6 Å². The second-order valence-corrected chi connectivity index (χ2v) is 11.3. The predicted molar refractivity (Wildman–Crippen MR) is 139 cm³/mol. The van der Waals surface area contributed by atoms with Crippen LogP contribution in [-0.4, -0.2) is 38.1 Å². The zero-order chi connectivity index (χ0) is 25.5. The number of nitriles is 1. The Morgan fingerprint density at radius 3 is 2.78 bits per heavy atom. The first-order valence-electron chi connectivity index (χ1n) is 12.8. The fourth-order valence-corrected chi connectivity index (χ4v) is 6.06.